The van der Waals surface area contributed by atoms with Crippen LogP contribution in [-0.4, -0.2) is 55.1 Å². The second kappa shape index (κ2) is 5.81. The van der Waals surface area contributed by atoms with Gasteiger partial charge in [-0.3, -0.25) is 15.0 Å². The van der Waals surface area contributed by atoms with E-state index in [1.165, 1.54) is 39.8 Å². The van der Waals surface area contributed by atoms with Crippen molar-refractivity contribution in [1.29, 1.82) is 0 Å². The second-order valence-corrected chi connectivity index (χ2v) is 3.45. The minimum absolute atomic E-state index is 0.111. The first-order valence-corrected chi connectivity index (χ1v) is 5.15. The summed E-state index contributed by atoms with van der Waals surface area (Å²) < 4.78 is 0. The fourth-order valence-electron chi connectivity index (χ4n) is 1.53. The number of rotatable bonds is 3. The minimum atomic E-state index is -0.283. The molecule has 0 radical (unpaired) electrons. The molecule has 0 atom stereocenters. The predicted molar refractivity (Wildman–Crippen MR) is 72.0 cm³/mol. The quantitative estimate of drug-likeness (QED) is 0.695. The third kappa shape index (κ3) is 2.32. The van der Waals surface area contributed by atoms with Crippen molar-refractivity contribution in [3.8, 4) is 17.2 Å². The molecule has 0 aliphatic rings. The zero-order valence-electron chi connectivity index (χ0n) is 10.4. The van der Waals surface area contributed by atoms with Gasteiger partial charge in [-0.05, 0) is 0 Å². The molecular formula is C12H15N3O3. The molecule has 1 aromatic rings. The third-order valence-corrected chi connectivity index (χ3v) is 2.31. The van der Waals surface area contributed by atoms with E-state index in [1.807, 2.05) is 0 Å². The van der Waals surface area contributed by atoms with Gasteiger partial charge in [-0.15, -0.1) is 0 Å². The van der Waals surface area contributed by atoms with E-state index >= 15 is 0 Å². The molecule has 0 heterocycles. The molecule has 0 bridgehead atoms. The topological polar surface area (TPSA) is 97.8 Å². The molecule has 6 nitrogen and oxygen atoms in total. The van der Waals surface area contributed by atoms with Crippen molar-refractivity contribution in [2.24, 2.45) is 15.0 Å². The van der Waals surface area contributed by atoms with Gasteiger partial charge in [0, 0.05) is 39.8 Å². The van der Waals surface area contributed by atoms with Crippen molar-refractivity contribution in [3.05, 3.63) is 16.7 Å². The van der Waals surface area contributed by atoms with E-state index in [-0.39, 0.29) is 33.9 Å². The standard InChI is InChI=1S/C12H15N3O3/c1-13-4-7-10(16)8(5-14-2)12(18)9(6-15-3)11(7)17/h4-6,16-18H,1-3H3. The Bertz CT molecular complexity index is 437. The Kier molecular flexibility index (Phi) is 4.42. The van der Waals surface area contributed by atoms with Crippen LogP contribution in [0.2, 0.25) is 0 Å². The average Bonchev–Trinajstić information content (AvgIpc) is 2.35. The number of hydrogen-bond donors (Lipinski definition) is 3. The van der Waals surface area contributed by atoms with Gasteiger partial charge in [-0.2, -0.15) is 0 Å². The van der Waals surface area contributed by atoms with Crippen molar-refractivity contribution in [1.82, 2.24) is 0 Å². The summed E-state index contributed by atoms with van der Waals surface area (Å²) in [6.45, 7) is 0. The number of phenolic OH excluding ortho intramolecular Hbond substituents is 3. The highest BCUT2D eigenvalue weighted by Crippen LogP contribution is 2.39. The molecule has 3 N–H and O–H groups in total. The summed E-state index contributed by atoms with van der Waals surface area (Å²) in [5.41, 5.74) is 0.334. The maximum atomic E-state index is 9.96. The first-order valence-electron chi connectivity index (χ1n) is 5.15. The van der Waals surface area contributed by atoms with Gasteiger partial charge in [0.1, 0.15) is 17.2 Å². The Morgan fingerprint density at radius 2 is 0.833 bits per heavy atom. The van der Waals surface area contributed by atoms with Crippen LogP contribution in [0.3, 0.4) is 0 Å². The third-order valence-electron chi connectivity index (χ3n) is 2.31. The Morgan fingerprint density at radius 3 is 1.00 bits per heavy atom. The molecule has 18 heavy (non-hydrogen) atoms. The number of nitrogens with zero attached hydrogens (tertiary/aromatic N) is 3. The van der Waals surface area contributed by atoms with Gasteiger partial charge in [0.05, 0.1) is 16.7 Å². The summed E-state index contributed by atoms with van der Waals surface area (Å²) in [6, 6.07) is 0. The Balaban J connectivity index is 3.74. The molecule has 6 heteroatoms. The zero-order valence-corrected chi connectivity index (χ0v) is 10.4. The molecular weight excluding hydrogens is 234 g/mol. The predicted octanol–water partition coefficient (Wildman–Crippen LogP) is 0.950. The van der Waals surface area contributed by atoms with Crippen LogP contribution >= 0.6 is 0 Å². The Hall–Kier alpha value is -2.37. The van der Waals surface area contributed by atoms with Gasteiger partial charge >= 0.3 is 0 Å². The minimum Gasteiger partial charge on any atom is -0.506 e. The zero-order chi connectivity index (χ0) is 13.7. The molecule has 0 saturated heterocycles. The van der Waals surface area contributed by atoms with Gasteiger partial charge in [0.2, 0.25) is 0 Å². The van der Waals surface area contributed by atoms with Gasteiger partial charge < -0.3 is 15.3 Å². The van der Waals surface area contributed by atoms with Crippen molar-refractivity contribution in [2.45, 2.75) is 0 Å². The summed E-state index contributed by atoms with van der Waals surface area (Å²) in [5, 5.41) is 29.9. The summed E-state index contributed by atoms with van der Waals surface area (Å²) in [6.07, 6.45) is 3.89. The largest absolute Gasteiger partial charge is 0.506 e. The van der Waals surface area contributed by atoms with Crippen LogP contribution in [0, 0.1) is 0 Å². The highest BCUT2D eigenvalue weighted by atomic mass is 16.3. The lowest BCUT2D eigenvalue weighted by Crippen LogP contribution is -1.97. The summed E-state index contributed by atoms with van der Waals surface area (Å²) in [7, 11) is 4.52. The van der Waals surface area contributed by atoms with Gasteiger partial charge in [-0.1, -0.05) is 0 Å². The fourth-order valence-corrected chi connectivity index (χ4v) is 1.53. The van der Waals surface area contributed by atoms with Crippen molar-refractivity contribution >= 4 is 18.6 Å². The first kappa shape index (κ1) is 13.7. The van der Waals surface area contributed by atoms with Gasteiger partial charge in [-0.25, -0.2) is 0 Å². The van der Waals surface area contributed by atoms with E-state index in [1.54, 1.807) is 0 Å². The number of phenols is 3. The molecule has 0 amide bonds. The normalized spacial score (nSPS) is 12.2. The van der Waals surface area contributed by atoms with Crippen LogP contribution in [0.1, 0.15) is 16.7 Å². The molecule has 0 fully saturated rings. The lowest BCUT2D eigenvalue weighted by atomic mass is 10.0. The summed E-state index contributed by atoms with van der Waals surface area (Å²) in [4.78, 5) is 11.2. The molecule has 96 valence electrons. The maximum Gasteiger partial charge on any atom is 0.140 e. The van der Waals surface area contributed by atoms with Crippen LogP contribution in [-0.2, 0) is 0 Å². The molecule has 0 aliphatic heterocycles. The van der Waals surface area contributed by atoms with Crippen LogP contribution in [0.15, 0.2) is 15.0 Å². The molecule has 0 unspecified atom stereocenters. The molecule has 0 saturated carbocycles. The second-order valence-electron chi connectivity index (χ2n) is 3.45. The lowest BCUT2D eigenvalue weighted by molar-refractivity contribution is 0.424. The fraction of sp³-hybridized carbons (Fsp3) is 0.250. The van der Waals surface area contributed by atoms with Crippen molar-refractivity contribution in [2.75, 3.05) is 21.1 Å². The molecule has 1 rings (SSSR count). The number of aliphatic imine (C=N–C) groups is 3. The summed E-state index contributed by atoms with van der Waals surface area (Å²) >= 11 is 0. The monoisotopic (exact) mass is 249 g/mol. The van der Waals surface area contributed by atoms with E-state index in [0.717, 1.165) is 0 Å². The Morgan fingerprint density at radius 1 is 0.611 bits per heavy atom. The molecule has 1 aromatic carbocycles. The van der Waals surface area contributed by atoms with Crippen LogP contribution < -0.4 is 0 Å². The van der Waals surface area contributed by atoms with E-state index in [0.29, 0.717) is 0 Å². The van der Waals surface area contributed by atoms with E-state index in [2.05, 4.69) is 15.0 Å². The Labute approximate surface area is 105 Å². The van der Waals surface area contributed by atoms with Crippen LogP contribution in [0.4, 0.5) is 0 Å². The van der Waals surface area contributed by atoms with E-state index < -0.39 is 0 Å². The maximum absolute atomic E-state index is 9.96. The van der Waals surface area contributed by atoms with Crippen LogP contribution in [0.5, 0.6) is 17.2 Å². The number of hydrogen-bond acceptors (Lipinski definition) is 6. The smallest absolute Gasteiger partial charge is 0.140 e. The SMILES string of the molecule is CN=Cc1c(O)c(C=NC)c(O)c(C=NC)c1O. The van der Waals surface area contributed by atoms with Gasteiger partial charge in [0.25, 0.3) is 0 Å². The average molecular weight is 249 g/mol. The molecule has 0 spiro atoms. The van der Waals surface area contributed by atoms with Crippen LogP contribution in [0.25, 0.3) is 0 Å². The molecule has 0 aromatic heterocycles. The lowest BCUT2D eigenvalue weighted by Gasteiger charge is -2.11. The van der Waals surface area contributed by atoms with Crippen molar-refractivity contribution in [3.63, 3.8) is 0 Å². The highest BCUT2D eigenvalue weighted by molar-refractivity contribution is 6.03. The number of benzene rings is 1. The van der Waals surface area contributed by atoms with E-state index in [4.69, 9.17) is 0 Å². The van der Waals surface area contributed by atoms with E-state index in [9.17, 15) is 15.3 Å². The van der Waals surface area contributed by atoms with Gasteiger partial charge in [0.15, 0.2) is 0 Å². The highest BCUT2D eigenvalue weighted by Gasteiger charge is 2.20. The summed E-state index contributed by atoms with van der Waals surface area (Å²) in [5.74, 6) is -0.849. The molecule has 0 aliphatic carbocycles. The van der Waals surface area contributed by atoms with Crippen molar-refractivity contribution < 1.29 is 15.3 Å². The number of aromatic hydroxyl groups is 3. The first-order chi connectivity index (χ1) is 8.58.